The van der Waals surface area contributed by atoms with Gasteiger partial charge in [0.15, 0.2) is 0 Å². The summed E-state index contributed by atoms with van der Waals surface area (Å²) in [5.74, 6) is -0.742. The van der Waals surface area contributed by atoms with Crippen LogP contribution in [0.1, 0.15) is 25.0 Å². The highest BCUT2D eigenvalue weighted by Crippen LogP contribution is 2.27. The summed E-state index contributed by atoms with van der Waals surface area (Å²) in [5, 5.41) is 3.72. The van der Waals surface area contributed by atoms with Crippen molar-refractivity contribution >= 4 is 50.7 Å². The summed E-state index contributed by atoms with van der Waals surface area (Å²) in [4.78, 5) is 29.7. The number of halogens is 2. The molecule has 7 nitrogen and oxygen atoms in total. The maximum atomic E-state index is 14.4. The van der Waals surface area contributed by atoms with Crippen LogP contribution in [0, 0.1) is 5.92 Å². The third-order valence-electron chi connectivity index (χ3n) is 6.97. The topological polar surface area (TPSA) is 86.8 Å². The van der Waals surface area contributed by atoms with Gasteiger partial charge < -0.3 is 10.2 Å². The fourth-order valence-electron chi connectivity index (χ4n) is 4.65. The lowest BCUT2D eigenvalue weighted by Crippen LogP contribution is -2.53. The quantitative estimate of drug-likeness (QED) is 0.176. The number of hydrogen-bond donors (Lipinski definition) is 1. The highest BCUT2D eigenvalue weighted by atomic mass is 35.5. The molecule has 1 atom stereocenters. The Morgan fingerprint density at radius 3 is 2.00 bits per heavy atom. The molecule has 4 aromatic rings. The lowest BCUT2D eigenvalue weighted by molar-refractivity contribution is -0.140. The van der Waals surface area contributed by atoms with Crippen LogP contribution in [0.15, 0.2) is 114 Å². The highest BCUT2D eigenvalue weighted by Gasteiger charge is 2.34. The van der Waals surface area contributed by atoms with Gasteiger partial charge >= 0.3 is 0 Å². The van der Waals surface area contributed by atoms with Crippen LogP contribution in [0.25, 0.3) is 0 Å². The molecule has 0 saturated heterocycles. The Hall–Kier alpha value is -3.85. The minimum absolute atomic E-state index is 0.0412. The van der Waals surface area contributed by atoms with Gasteiger partial charge in [-0.2, -0.15) is 0 Å². The van der Waals surface area contributed by atoms with Crippen molar-refractivity contribution in [2.75, 3.05) is 17.4 Å². The van der Waals surface area contributed by atoms with Crippen molar-refractivity contribution in [3.63, 3.8) is 0 Å². The molecule has 1 N–H and O–H groups in total. The second-order valence-corrected chi connectivity index (χ2v) is 13.5. The maximum Gasteiger partial charge on any atom is 0.264 e. The van der Waals surface area contributed by atoms with Gasteiger partial charge in [0.2, 0.25) is 11.8 Å². The van der Waals surface area contributed by atoms with Crippen LogP contribution in [-0.4, -0.2) is 44.3 Å². The molecule has 0 bridgehead atoms. The van der Waals surface area contributed by atoms with E-state index in [1.165, 1.54) is 17.0 Å². The summed E-state index contributed by atoms with van der Waals surface area (Å²) in [7, 11) is -4.15. The number of anilines is 1. The van der Waals surface area contributed by atoms with Crippen LogP contribution in [0.3, 0.4) is 0 Å². The fraction of sp³-hybridized carbons (Fsp3) is 0.235. The van der Waals surface area contributed by atoms with Crippen molar-refractivity contribution in [2.24, 2.45) is 5.92 Å². The second-order valence-electron chi connectivity index (χ2n) is 10.8. The van der Waals surface area contributed by atoms with Crippen molar-refractivity contribution in [1.82, 2.24) is 10.2 Å². The zero-order chi connectivity index (χ0) is 31.7. The van der Waals surface area contributed by atoms with Gasteiger partial charge in [-0.15, -0.1) is 0 Å². The van der Waals surface area contributed by atoms with Crippen molar-refractivity contribution in [1.29, 1.82) is 0 Å². The van der Waals surface area contributed by atoms with Gasteiger partial charge in [0.1, 0.15) is 12.6 Å². The van der Waals surface area contributed by atoms with E-state index in [-0.39, 0.29) is 29.7 Å². The third kappa shape index (κ3) is 8.62. The summed E-state index contributed by atoms with van der Waals surface area (Å²) < 4.78 is 29.0. The smallest absolute Gasteiger partial charge is 0.264 e. The molecule has 0 aliphatic rings. The number of rotatable bonds is 13. The van der Waals surface area contributed by atoms with Crippen LogP contribution in [0.5, 0.6) is 0 Å². The molecule has 0 aliphatic heterocycles. The van der Waals surface area contributed by atoms with E-state index in [9.17, 15) is 18.0 Å². The first-order valence-electron chi connectivity index (χ1n) is 14.2. The minimum Gasteiger partial charge on any atom is -0.354 e. The SMILES string of the molecule is CC(C)CNC(=O)[C@@H](Cc1ccccc1)N(Cc1ccc(Cl)cc1Cl)C(=O)CN(c1ccccc1)S(=O)(=O)c1ccccc1. The lowest BCUT2D eigenvalue weighted by Gasteiger charge is -2.34. The molecule has 4 aromatic carbocycles. The number of amides is 2. The van der Waals surface area contributed by atoms with Crippen LogP contribution >= 0.6 is 23.2 Å². The van der Waals surface area contributed by atoms with E-state index in [1.54, 1.807) is 66.7 Å². The first-order valence-corrected chi connectivity index (χ1v) is 16.4. The van der Waals surface area contributed by atoms with Gasteiger partial charge in [0.25, 0.3) is 10.0 Å². The average Bonchev–Trinajstić information content (AvgIpc) is 3.02. The molecule has 0 heterocycles. The molecular weight excluding hydrogens is 617 g/mol. The Labute approximate surface area is 269 Å². The average molecular weight is 653 g/mol. The molecule has 0 unspecified atom stereocenters. The normalized spacial score (nSPS) is 12.0. The molecule has 2 amide bonds. The standard InChI is InChI=1S/C34H35Cl2N3O4S/c1-25(2)22-37-34(41)32(20-26-12-6-3-7-13-26)38(23-27-18-19-28(35)21-31(27)36)33(40)24-39(29-14-8-4-9-15-29)44(42,43)30-16-10-5-11-17-30/h3-19,21,25,32H,20,22-24H2,1-2H3,(H,37,41)/t32-/m1/s1. The summed E-state index contributed by atoms with van der Waals surface area (Å²) in [5.41, 5.74) is 1.73. The second kappa shape index (κ2) is 15.2. The number of para-hydroxylation sites is 1. The van der Waals surface area contributed by atoms with E-state index in [2.05, 4.69) is 5.32 Å². The lowest BCUT2D eigenvalue weighted by atomic mass is 10.0. The number of hydrogen-bond acceptors (Lipinski definition) is 4. The van der Waals surface area contributed by atoms with E-state index >= 15 is 0 Å². The van der Waals surface area contributed by atoms with Gasteiger partial charge in [-0.1, -0.05) is 110 Å². The van der Waals surface area contributed by atoms with E-state index in [0.29, 0.717) is 27.8 Å². The zero-order valence-electron chi connectivity index (χ0n) is 24.6. The van der Waals surface area contributed by atoms with E-state index < -0.39 is 28.5 Å². The number of benzene rings is 4. The van der Waals surface area contributed by atoms with Gasteiger partial charge in [0, 0.05) is 29.6 Å². The van der Waals surface area contributed by atoms with Gasteiger partial charge in [-0.25, -0.2) is 8.42 Å². The Bertz CT molecular complexity index is 1650. The summed E-state index contributed by atoms with van der Waals surface area (Å²) in [6, 6.07) is 29.7. The number of carbonyl (C=O) groups is 2. The monoisotopic (exact) mass is 651 g/mol. The van der Waals surface area contributed by atoms with Crippen LogP contribution < -0.4 is 9.62 Å². The minimum atomic E-state index is -4.15. The Balaban J connectivity index is 1.79. The molecule has 230 valence electrons. The Morgan fingerprint density at radius 1 is 0.818 bits per heavy atom. The maximum absolute atomic E-state index is 14.4. The third-order valence-corrected chi connectivity index (χ3v) is 9.34. The molecule has 0 spiro atoms. The predicted octanol–water partition coefficient (Wildman–Crippen LogP) is 6.60. The number of sulfonamides is 1. The van der Waals surface area contributed by atoms with Crippen molar-refractivity contribution in [2.45, 2.75) is 37.8 Å². The largest absolute Gasteiger partial charge is 0.354 e. The van der Waals surface area contributed by atoms with Crippen molar-refractivity contribution < 1.29 is 18.0 Å². The van der Waals surface area contributed by atoms with E-state index in [0.717, 1.165) is 9.87 Å². The summed E-state index contributed by atoms with van der Waals surface area (Å²) in [6.07, 6.45) is 0.207. The Kier molecular flexibility index (Phi) is 11.4. The first kappa shape index (κ1) is 33.1. The fourth-order valence-corrected chi connectivity index (χ4v) is 6.56. The molecule has 0 aliphatic carbocycles. The van der Waals surface area contributed by atoms with Crippen molar-refractivity contribution in [3.05, 3.63) is 130 Å². The number of nitrogens with one attached hydrogen (secondary N) is 1. The molecule has 10 heteroatoms. The van der Waals surface area contributed by atoms with Crippen LogP contribution in [0.4, 0.5) is 5.69 Å². The molecule has 0 fully saturated rings. The molecule has 0 radical (unpaired) electrons. The first-order chi connectivity index (χ1) is 21.1. The molecule has 4 rings (SSSR count). The number of carbonyl (C=O) groups excluding carboxylic acids is 2. The van der Waals surface area contributed by atoms with Gasteiger partial charge in [0.05, 0.1) is 10.6 Å². The Morgan fingerprint density at radius 2 is 1.41 bits per heavy atom. The molecular formula is C34H35Cl2N3O4S. The summed E-state index contributed by atoms with van der Waals surface area (Å²) >= 11 is 12.7. The highest BCUT2D eigenvalue weighted by molar-refractivity contribution is 7.92. The van der Waals surface area contributed by atoms with Crippen LogP contribution in [-0.2, 0) is 32.6 Å². The molecule has 0 saturated carbocycles. The van der Waals surface area contributed by atoms with E-state index in [4.69, 9.17) is 23.2 Å². The van der Waals surface area contributed by atoms with E-state index in [1.807, 2.05) is 44.2 Å². The summed E-state index contributed by atoms with van der Waals surface area (Å²) in [6.45, 7) is 3.78. The van der Waals surface area contributed by atoms with Gasteiger partial charge in [-0.05, 0) is 53.4 Å². The zero-order valence-corrected chi connectivity index (χ0v) is 26.9. The predicted molar refractivity (Wildman–Crippen MR) is 176 cm³/mol. The molecule has 44 heavy (non-hydrogen) atoms. The molecule has 0 aromatic heterocycles. The number of nitrogens with zero attached hydrogens (tertiary/aromatic N) is 2. The van der Waals surface area contributed by atoms with Crippen molar-refractivity contribution in [3.8, 4) is 0 Å². The van der Waals surface area contributed by atoms with Gasteiger partial charge in [-0.3, -0.25) is 13.9 Å². The van der Waals surface area contributed by atoms with Crippen LogP contribution in [0.2, 0.25) is 10.0 Å².